The van der Waals surface area contributed by atoms with Crippen LogP contribution in [0.2, 0.25) is 0 Å². The maximum absolute atomic E-state index is 12.6. The number of nitrogens with two attached hydrogens (primary N) is 1. The molecule has 2 rings (SSSR count). The molecule has 0 amide bonds. The van der Waals surface area contributed by atoms with Gasteiger partial charge in [0.1, 0.15) is 0 Å². The Kier molecular flexibility index (Phi) is 4.91. The third kappa shape index (κ3) is 3.39. The van der Waals surface area contributed by atoms with E-state index in [4.69, 9.17) is 5.73 Å². The Hall–Kier alpha value is -1.11. The highest BCUT2D eigenvalue weighted by Gasteiger charge is 2.26. The number of likely N-dealkylation sites (N-methyl/N-ethyl adjacent to an activating group) is 1. The van der Waals surface area contributed by atoms with Crippen LogP contribution >= 0.6 is 0 Å². The first kappa shape index (κ1) is 16.3. The van der Waals surface area contributed by atoms with E-state index in [1.54, 1.807) is 26.0 Å². The van der Waals surface area contributed by atoms with Crippen molar-refractivity contribution >= 4 is 15.7 Å². The summed E-state index contributed by atoms with van der Waals surface area (Å²) in [7, 11) is -3.52. The standard InChI is InChI=1S/C15H25N3O2S/c1-4-18-9-5-6-13(18)10-17-21(19,20)15-11(2)7-8-14(16)12(15)3/h7-8,13,17H,4-6,9-10,16H2,1-3H3. The number of hydrogen-bond donors (Lipinski definition) is 2. The summed E-state index contributed by atoms with van der Waals surface area (Å²) in [4.78, 5) is 2.64. The number of nitrogens with one attached hydrogen (secondary N) is 1. The Balaban J connectivity index is 2.18. The summed E-state index contributed by atoms with van der Waals surface area (Å²) in [5, 5.41) is 0. The first-order valence-electron chi connectivity index (χ1n) is 7.46. The lowest BCUT2D eigenvalue weighted by Crippen LogP contribution is -2.40. The van der Waals surface area contributed by atoms with Gasteiger partial charge in [-0.1, -0.05) is 13.0 Å². The van der Waals surface area contributed by atoms with E-state index < -0.39 is 10.0 Å². The van der Waals surface area contributed by atoms with Crippen molar-refractivity contribution < 1.29 is 8.42 Å². The van der Waals surface area contributed by atoms with Crippen LogP contribution in [0.15, 0.2) is 17.0 Å². The summed E-state index contributed by atoms with van der Waals surface area (Å²) in [6.45, 7) is 8.14. The van der Waals surface area contributed by atoms with Gasteiger partial charge in [0.05, 0.1) is 4.90 Å². The lowest BCUT2D eigenvalue weighted by molar-refractivity contribution is 0.268. The highest BCUT2D eigenvalue weighted by molar-refractivity contribution is 7.89. The third-order valence-corrected chi connectivity index (χ3v) is 6.04. The van der Waals surface area contributed by atoms with E-state index in [2.05, 4.69) is 16.5 Å². The number of sulfonamides is 1. The maximum Gasteiger partial charge on any atom is 0.241 e. The van der Waals surface area contributed by atoms with Crippen molar-refractivity contribution in [2.24, 2.45) is 0 Å². The number of aryl methyl sites for hydroxylation is 1. The predicted molar refractivity (Wildman–Crippen MR) is 85.8 cm³/mol. The zero-order valence-corrected chi connectivity index (χ0v) is 13.8. The molecule has 6 heteroatoms. The quantitative estimate of drug-likeness (QED) is 0.811. The molecule has 1 saturated heterocycles. The first-order valence-corrected chi connectivity index (χ1v) is 8.94. The van der Waals surface area contributed by atoms with E-state index in [1.807, 2.05) is 0 Å². The SMILES string of the molecule is CCN1CCCC1CNS(=O)(=O)c1c(C)ccc(N)c1C. The molecule has 1 aromatic carbocycles. The lowest BCUT2D eigenvalue weighted by Gasteiger charge is -2.23. The Labute approximate surface area is 127 Å². The monoisotopic (exact) mass is 311 g/mol. The number of nitrogen functional groups attached to an aromatic ring is 1. The van der Waals surface area contributed by atoms with Crippen LogP contribution in [-0.2, 0) is 10.0 Å². The van der Waals surface area contributed by atoms with Crippen molar-refractivity contribution in [3.05, 3.63) is 23.3 Å². The van der Waals surface area contributed by atoms with E-state index in [0.29, 0.717) is 28.7 Å². The zero-order chi connectivity index (χ0) is 15.6. The second-order valence-corrected chi connectivity index (χ2v) is 7.41. The molecule has 0 aromatic heterocycles. The molecule has 3 N–H and O–H groups in total. The van der Waals surface area contributed by atoms with Crippen LogP contribution in [0.25, 0.3) is 0 Å². The van der Waals surface area contributed by atoms with Gasteiger partial charge in [-0.25, -0.2) is 13.1 Å². The molecule has 0 bridgehead atoms. The minimum atomic E-state index is -3.52. The minimum absolute atomic E-state index is 0.298. The topological polar surface area (TPSA) is 75.4 Å². The summed E-state index contributed by atoms with van der Waals surface area (Å²) in [5.74, 6) is 0. The molecule has 1 unspecified atom stereocenters. The van der Waals surface area contributed by atoms with Crippen molar-refractivity contribution in [1.82, 2.24) is 9.62 Å². The molecular formula is C15H25N3O2S. The highest BCUT2D eigenvalue weighted by atomic mass is 32.2. The molecule has 21 heavy (non-hydrogen) atoms. The van der Waals surface area contributed by atoms with Crippen LogP contribution in [0.1, 0.15) is 30.9 Å². The van der Waals surface area contributed by atoms with Crippen molar-refractivity contribution in [3.63, 3.8) is 0 Å². The fraction of sp³-hybridized carbons (Fsp3) is 0.600. The largest absolute Gasteiger partial charge is 0.398 e. The molecule has 1 aromatic rings. The van der Waals surface area contributed by atoms with Crippen molar-refractivity contribution in [2.75, 3.05) is 25.4 Å². The van der Waals surface area contributed by atoms with Crippen LogP contribution in [-0.4, -0.2) is 39.0 Å². The van der Waals surface area contributed by atoms with Crippen LogP contribution < -0.4 is 10.5 Å². The van der Waals surface area contributed by atoms with E-state index in [9.17, 15) is 8.42 Å². The van der Waals surface area contributed by atoms with Crippen LogP contribution in [0.4, 0.5) is 5.69 Å². The molecule has 1 aliphatic heterocycles. The average Bonchev–Trinajstić information content (AvgIpc) is 2.88. The molecule has 1 fully saturated rings. The van der Waals surface area contributed by atoms with Crippen LogP contribution in [0.3, 0.4) is 0 Å². The Morgan fingerprint density at radius 2 is 2.10 bits per heavy atom. The number of hydrogen-bond acceptors (Lipinski definition) is 4. The molecule has 0 radical (unpaired) electrons. The van der Waals surface area contributed by atoms with Gasteiger partial charge in [0.2, 0.25) is 10.0 Å². The van der Waals surface area contributed by atoms with Gasteiger partial charge in [-0.2, -0.15) is 0 Å². The van der Waals surface area contributed by atoms with Gasteiger partial charge >= 0.3 is 0 Å². The summed E-state index contributed by atoms with van der Waals surface area (Å²) < 4.78 is 28.0. The third-order valence-electron chi connectivity index (χ3n) is 4.33. The second-order valence-electron chi connectivity index (χ2n) is 5.70. The van der Waals surface area contributed by atoms with Gasteiger partial charge in [-0.05, 0) is 57.0 Å². The molecule has 118 valence electrons. The van der Waals surface area contributed by atoms with E-state index in [0.717, 1.165) is 31.5 Å². The van der Waals surface area contributed by atoms with Gasteiger partial charge in [0.15, 0.2) is 0 Å². The zero-order valence-electron chi connectivity index (χ0n) is 13.0. The normalized spacial score (nSPS) is 20.0. The number of anilines is 1. The molecule has 5 nitrogen and oxygen atoms in total. The number of nitrogens with zero attached hydrogens (tertiary/aromatic N) is 1. The van der Waals surface area contributed by atoms with Gasteiger partial charge in [0, 0.05) is 18.3 Å². The highest BCUT2D eigenvalue weighted by Crippen LogP contribution is 2.25. The summed E-state index contributed by atoms with van der Waals surface area (Å²) in [6.07, 6.45) is 2.18. The van der Waals surface area contributed by atoms with E-state index in [1.165, 1.54) is 0 Å². The Bertz CT molecular complexity index is 614. The van der Waals surface area contributed by atoms with Crippen molar-refractivity contribution in [3.8, 4) is 0 Å². The van der Waals surface area contributed by atoms with Crippen molar-refractivity contribution in [1.29, 1.82) is 0 Å². The van der Waals surface area contributed by atoms with Crippen LogP contribution in [0, 0.1) is 13.8 Å². The van der Waals surface area contributed by atoms with E-state index >= 15 is 0 Å². The maximum atomic E-state index is 12.6. The summed E-state index contributed by atoms with van der Waals surface area (Å²) in [6, 6.07) is 3.80. The predicted octanol–water partition coefficient (Wildman–Crippen LogP) is 1.65. The first-order chi connectivity index (χ1) is 9.86. The summed E-state index contributed by atoms with van der Waals surface area (Å²) in [5.41, 5.74) is 7.71. The van der Waals surface area contributed by atoms with E-state index in [-0.39, 0.29) is 0 Å². The van der Waals surface area contributed by atoms with Gasteiger partial charge in [-0.3, -0.25) is 4.90 Å². The number of likely N-dealkylation sites (tertiary alicyclic amines) is 1. The second kappa shape index (κ2) is 6.34. The summed E-state index contributed by atoms with van der Waals surface area (Å²) >= 11 is 0. The van der Waals surface area contributed by atoms with Gasteiger partial charge < -0.3 is 5.73 Å². The smallest absolute Gasteiger partial charge is 0.241 e. The minimum Gasteiger partial charge on any atom is -0.398 e. The van der Waals surface area contributed by atoms with Gasteiger partial charge in [0.25, 0.3) is 0 Å². The molecule has 0 aliphatic carbocycles. The van der Waals surface area contributed by atoms with Crippen molar-refractivity contribution in [2.45, 2.75) is 44.6 Å². The molecule has 0 saturated carbocycles. The Morgan fingerprint density at radius 1 is 1.38 bits per heavy atom. The molecule has 1 atom stereocenters. The van der Waals surface area contributed by atoms with Gasteiger partial charge in [-0.15, -0.1) is 0 Å². The molecule has 1 heterocycles. The fourth-order valence-electron chi connectivity index (χ4n) is 3.08. The fourth-order valence-corrected chi connectivity index (χ4v) is 4.65. The number of benzene rings is 1. The molecule has 1 aliphatic rings. The average molecular weight is 311 g/mol. The number of rotatable bonds is 5. The molecular weight excluding hydrogens is 286 g/mol. The Morgan fingerprint density at radius 3 is 2.76 bits per heavy atom. The van der Waals surface area contributed by atoms with Crippen LogP contribution in [0.5, 0.6) is 0 Å². The molecule has 0 spiro atoms. The lowest BCUT2D eigenvalue weighted by atomic mass is 10.1.